The van der Waals surface area contributed by atoms with Crippen LogP contribution in [-0.4, -0.2) is 58.0 Å². The molecule has 0 aliphatic carbocycles. The van der Waals surface area contributed by atoms with Crippen molar-refractivity contribution in [3.8, 4) is 11.5 Å². The van der Waals surface area contributed by atoms with Crippen molar-refractivity contribution >= 4 is 21.7 Å². The van der Waals surface area contributed by atoms with E-state index in [9.17, 15) is 18.0 Å². The van der Waals surface area contributed by atoms with Crippen molar-refractivity contribution in [2.24, 2.45) is 0 Å². The third kappa shape index (κ3) is 5.41. The van der Waals surface area contributed by atoms with Gasteiger partial charge in [-0.1, -0.05) is 0 Å². The second-order valence-electron chi connectivity index (χ2n) is 5.35. The molecule has 2 rings (SSSR count). The van der Waals surface area contributed by atoms with Crippen LogP contribution in [0.5, 0.6) is 11.5 Å². The molecule has 2 N–H and O–H groups in total. The minimum Gasteiger partial charge on any atom is -0.497 e. The van der Waals surface area contributed by atoms with E-state index in [2.05, 4.69) is 10.6 Å². The quantitative estimate of drug-likeness (QED) is 0.525. The van der Waals surface area contributed by atoms with E-state index in [4.69, 9.17) is 9.47 Å². The minimum atomic E-state index is -3.10. The first-order valence-electron chi connectivity index (χ1n) is 7.45. The fraction of sp³-hybridized carbons (Fsp3) is 0.467. The predicted molar refractivity (Wildman–Crippen MR) is 86.7 cm³/mol. The van der Waals surface area contributed by atoms with E-state index in [1.165, 1.54) is 0 Å². The summed E-state index contributed by atoms with van der Waals surface area (Å²) in [5.74, 6) is -0.395. The van der Waals surface area contributed by atoms with E-state index in [-0.39, 0.29) is 24.7 Å². The summed E-state index contributed by atoms with van der Waals surface area (Å²) in [5, 5.41) is 4.84. The van der Waals surface area contributed by atoms with Gasteiger partial charge in [0.2, 0.25) is 0 Å². The van der Waals surface area contributed by atoms with Gasteiger partial charge in [-0.05, 0) is 30.7 Å². The van der Waals surface area contributed by atoms with Gasteiger partial charge in [-0.15, -0.1) is 0 Å². The zero-order chi connectivity index (χ0) is 17.6. The molecule has 1 saturated heterocycles. The Hall–Kier alpha value is -2.29. The maximum Gasteiger partial charge on any atom is 0.309 e. The normalized spacial score (nSPS) is 18.6. The molecule has 1 aromatic rings. The molecule has 9 heteroatoms. The van der Waals surface area contributed by atoms with E-state index in [1.54, 1.807) is 31.4 Å². The van der Waals surface area contributed by atoms with Gasteiger partial charge in [-0.25, -0.2) is 8.42 Å². The highest BCUT2D eigenvalue weighted by Gasteiger charge is 2.30. The van der Waals surface area contributed by atoms with Gasteiger partial charge in [-0.3, -0.25) is 9.59 Å². The van der Waals surface area contributed by atoms with E-state index in [0.29, 0.717) is 17.9 Å². The first kappa shape index (κ1) is 18.1. The van der Waals surface area contributed by atoms with Crippen LogP contribution in [0, 0.1) is 0 Å². The lowest BCUT2D eigenvalue weighted by molar-refractivity contribution is -0.139. The Morgan fingerprint density at radius 2 is 1.83 bits per heavy atom. The van der Waals surface area contributed by atoms with Crippen molar-refractivity contribution in [3.05, 3.63) is 24.3 Å². The molecule has 24 heavy (non-hydrogen) atoms. The Labute approximate surface area is 140 Å². The van der Waals surface area contributed by atoms with Gasteiger partial charge in [0.1, 0.15) is 18.1 Å². The molecule has 8 nitrogen and oxygen atoms in total. The molecule has 0 bridgehead atoms. The molecule has 0 spiro atoms. The molecule has 0 aromatic heterocycles. The lowest BCUT2D eigenvalue weighted by Gasteiger charge is -2.11. The van der Waals surface area contributed by atoms with Gasteiger partial charge in [-0.2, -0.15) is 0 Å². The Morgan fingerprint density at radius 1 is 1.17 bits per heavy atom. The Bertz CT molecular complexity index is 686. The number of hydrogen-bond donors (Lipinski definition) is 2. The number of carbonyl (C=O) groups is 2. The summed E-state index contributed by atoms with van der Waals surface area (Å²) in [6.07, 6.45) is 0.335. The number of ether oxygens (including phenoxy) is 2. The third-order valence-electron chi connectivity index (χ3n) is 3.49. The van der Waals surface area contributed by atoms with Crippen LogP contribution in [0.3, 0.4) is 0 Å². The van der Waals surface area contributed by atoms with E-state index in [1.807, 2.05) is 0 Å². The van der Waals surface area contributed by atoms with Crippen molar-refractivity contribution in [1.82, 2.24) is 10.6 Å². The molecule has 0 saturated carbocycles. The fourth-order valence-electron chi connectivity index (χ4n) is 2.25. The lowest BCUT2D eigenvalue weighted by atomic mass is 10.2. The maximum absolute atomic E-state index is 11.7. The van der Waals surface area contributed by atoms with Gasteiger partial charge < -0.3 is 20.1 Å². The van der Waals surface area contributed by atoms with E-state index < -0.39 is 27.7 Å². The lowest BCUT2D eigenvalue weighted by Crippen LogP contribution is -2.45. The summed E-state index contributed by atoms with van der Waals surface area (Å²) in [4.78, 5) is 23.3. The summed E-state index contributed by atoms with van der Waals surface area (Å²) in [5.41, 5.74) is 0. The highest BCUT2D eigenvalue weighted by atomic mass is 32.2. The van der Waals surface area contributed by atoms with Gasteiger partial charge in [0, 0.05) is 6.04 Å². The first-order chi connectivity index (χ1) is 11.4. The number of benzene rings is 1. The van der Waals surface area contributed by atoms with Gasteiger partial charge >= 0.3 is 11.8 Å². The monoisotopic (exact) mass is 356 g/mol. The predicted octanol–water partition coefficient (Wildman–Crippen LogP) is -0.506. The van der Waals surface area contributed by atoms with Crippen LogP contribution in [0.1, 0.15) is 6.42 Å². The zero-order valence-electron chi connectivity index (χ0n) is 13.3. The Morgan fingerprint density at radius 3 is 2.42 bits per heavy atom. The molecule has 1 aliphatic rings. The van der Waals surface area contributed by atoms with Crippen LogP contribution in [0.15, 0.2) is 24.3 Å². The molecule has 1 unspecified atom stereocenters. The van der Waals surface area contributed by atoms with Gasteiger partial charge in [0.25, 0.3) is 0 Å². The number of carbonyl (C=O) groups excluding carboxylic acids is 2. The van der Waals surface area contributed by atoms with Gasteiger partial charge in [0.05, 0.1) is 25.2 Å². The van der Waals surface area contributed by atoms with Crippen molar-refractivity contribution in [2.75, 3.05) is 31.8 Å². The Balaban J connectivity index is 1.66. The molecule has 1 aromatic carbocycles. The van der Waals surface area contributed by atoms with Crippen molar-refractivity contribution in [3.63, 3.8) is 0 Å². The van der Waals surface area contributed by atoms with Crippen LogP contribution >= 0.6 is 0 Å². The van der Waals surface area contributed by atoms with Crippen LogP contribution < -0.4 is 20.1 Å². The highest BCUT2D eigenvalue weighted by molar-refractivity contribution is 7.91. The molecule has 132 valence electrons. The number of hydrogen-bond acceptors (Lipinski definition) is 6. The number of nitrogens with one attached hydrogen (secondary N) is 2. The molecule has 1 atom stereocenters. The topological polar surface area (TPSA) is 111 Å². The summed E-state index contributed by atoms with van der Waals surface area (Å²) >= 11 is 0. The SMILES string of the molecule is COc1ccc(OCCNC(=O)C(=O)NC2CCS(=O)(=O)C2)cc1. The molecule has 1 heterocycles. The van der Waals surface area contributed by atoms with Crippen LogP contribution in [0.25, 0.3) is 0 Å². The van der Waals surface area contributed by atoms with Crippen molar-refractivity contribution in [2.45, 2.75) is 12.5 Å². The van der Waals surface area contributed by atoms with E-state index in [0.717, 1.165) is 0 Å². The first-order valence-corrected chi connectivity index (χ1v) is 9.28. The molecular formula is C15H20N2O6S. The number of sulfone groups is 1. The average Bonchev–Trinajstić information content (AvgIpc) is 2.90. The minimum absolute atomic E-state index is 0.0370. The molecule has 0 radical (unpaired) electrons. The largest absolute Gasteiger partial charge is 0.497 e. The molecular weight excluding hydrogens is 336 g/mol. The molecule has 1 fully saturated rings. The molecule has 2 amide bonds. The van der Waals surface area contributed by atoms with Crippen LogP contribution in [0.2, 0.25) is 0 Å². The summed E-state index contributed by atoms with van der Waals surface area (Å²) in [6, 6.07) is 6.46. The second-order valence-corrected chi connectivity index (χ2v) is 7.58. The average molecular weight is 356 g/mol. The second kappa shape index (κ2) is 8.00. The van der Waals surface area contributed by atoms with Crippen molar-refractivity contribution in [1.29, 1.82) is 0 Å². The standard InChI is InChI=1S/C15H20N2O6S/c1-22-12-2-4-13(5-3-12)23-8-7-16-14(18)15(19)17-11-6-9-24(20,21)10-11/h2-5,11H,6-10H2,1H3,(H,16,18)(H,17,19). The summed E-state index contributed by atoms with van der Waals surface area (Å²) in [6.45, 7) is 0.352. The van der Waals surface area contributed by atoms with Crippen molar-refractivity contribution < 1.29 is 27.5 Å². The maximum atomic E-state index is 11.7. The smallest absolute Gasteiger partial charge is 0.309 e. The third-order valence-corrected chi connectivity index (χ3v) is 5.26. The number of methoxy groups -OCH3 is 1. The fourth-order valence-corrected chi connectivity index (χ4v) is 3.92. The highest BCUT2D eigenvalue weighted by Crippen LogP contribution is 2.16. The summed E-state index contributed by atoms with van der Waals surface area (Å²) in [7, 11) is -1.53. The Kier molecular flexibility index (Phi) is 6.02. The van der Waals surface area contributed by atoms with Crippen LogP contribution in [-0.2, 0) is 19.4 Å². The van der Waals surface area contributed by atoms with E-state index >= 15 is 0 Å². The van der Waals surface area contributed by atoms with Gasteiger partial charge in [0.15, 0.2) is 9.84 Å². The zero-order valence-corrected chi connectivity index (χ0v) is 14.1. The summed E-state index contributed by atoms with van der Waals surface area (Å²) < 4.78 is 33.0. The number of amides is 2. The molecule has 1 aliphatic heterocycles. The number of rotatable bonds is 6. The van der Waals surface area contributed by atoms with Crippen LogP contribution in [0.4, 0.5) is 0 Å².